The van der Waals surface area contributed by atoms with Gasteiger partial charge in [-0.1, -0.05) is 24.3 Å². The maximum atomic E-state index is 14.3. The van der Waals surface area contributed by atoms with E-state index in [1.165, 1.54) is 19.2 Å². The van der Waals surface area contributed by atoms with Gasteiger partial charge in [-0.15, -0.1) is 0 Å². The Morgan fingerprint density at radius 1 is 1.26 bits per heavy atom. The molecule has 144 valence electrons. The predicted molar refractivity (Wildman–Crippen MR) is 97.4 cm³/mol. The highest BCUT2D eigenvalue weighted by Crippen LogP contribution is 2.25. The Kier molecular flexibility index (Phi) is 7.27. The summed E-state index contributed by atoms with van der Waals surface area (Å²) >= 11 is 0. The maximum absolute atomic E-state index is 14.3. The number of ether oxygens (including phenoxy) is 2. The summed E-state index contributed by atoms with van der Waals surface area (Å²) < 4.78 is 24.7. The minimum absolute atomic E-state index is 0.128. The van der Waals surface area contributed by atoms with Gasteiger partial charge in [-0.2, -0.15) is 0 Å². The summed E-state index contributed by atoms with van der Waals surface area (Å²) in [7, 11) is 1.44. The normalized spacial score (nSPS) is 11.6. The number of amides is 1. The molecule has 1 atom stereocenters. The van der Waals surface area contributed by atoms with E-state index in [-0.39, 0.29) is 24.6 Å². The summed E-state index contributed by atoms with van der Waals surface area (Å²) in [6.07, 6.45) is -1.08. The van der Waals surface area contributed by atoms with Gasteiger partial charge in [0.15, 0.2) is 6.10 Å². The lowest BCUT2D eigenvalue weighted by molar-refractivity contribution is -0.133. The number of carbonyl (C=O) groups is 1. The molecular formula is C19H22FN3O4. The van der Waals surface area contributed by atoms with E-state index in [1.54, 1.807) is 42.7 Å². The zero-order chi connectivity index (χ0) is 19.8. The van der Waals surface area contributed by atoms with E-state index in [4.69, 9.17) is 20.1 Å². The molecule has 0 aromatic heterocycles. The zero-order valence-electron chi connectivity index (χ0n) is 15.1. The first kappa shape index (κ1) is 20.3. The largest absolute Gasteiger partial charge is 0.497 e. The van der Waals surface area contributed by atoms with Crippen LogP contribution in [0.2, 0.25) is 0 Å². The van der Waals surface area contributed by atoms with Crippen molar-refractivity contribution in [1.29, 1.82) is 5.41 Å². The highest BCUT2D eigenvalue weighted by atomic mass is 19.1. The number of hydrogen-bond acceptors (Lipinski definition) is 5. The van der Waals surface area contributed by atoms with Gasteiger partial charge >= 0.3 is 0 Å². The Labute approximate surface area is 156 Å². The molecule has 0 bridgehead atoms. The number of carbonyl (C=O) groups excluding carboxylic acids is 1. The van der Waals surface area contributed by atoms with Gasteiger partial charge in [-0.25, -0.2) is 4.39 Å². The summed E-state index contributed by atoms with van der Waals surface area (Å²) in [5, 5.41) is 18.9. The molecule has 0 radical (unpaired) electrons. The monoisotopic (exact) mass is 375 g/mol. The van der Waals surface area contributed by atoms with Crippen LogP contribution in [0.15, 0.2) is 42.5 Å². The second-order valence-corrected chi connectivity index (χ2v) is 5.62. The van der Waals surface area contributed by atoms with E-state index in [2.05, 4.69) is 5.32 Å². The van der Waals surface area contributed by atoms with Crippen molar-refractivity contribution in [2.45, 2.75) is 19.6 Å². The predicted octanol–water partition coefficient (Wildman–Crippen LogP) is 2.53. The molecule has 0 fully saturated rings. The number of nitrogens with one attached hydrogen (secondary N) is 3. The fourth-order valence-electron chi connectivity index (χ4n) is 2.46. The molecule has 8 heteroatoms. The van der Waals surface area contributed by atoms with E-state index in [0.29, 0.717) is 11.3 Å². The van der Waals surface area contributed by atoms with Gasteiger partial charge in [-0.05, 0) is 24.6 Å². The standard InChI is InChI=1S/C19H22FN3O4/c1-3-27-17(15-9-8-14(26-2)10-16(15)20)19(24)22-11-12-4-6-13(7-5-12)18(21)23-25/h4-10,17,25H,3,11H2,1-2H3,(H2,21,23)(H,22,24)/t17-/m0/s1. The number of amidine groups is 1. The van der Waals surface area contributed by atoms with Gasteiger partial charge < -0.3 is 14.8 Å². The van der Waals surface area contributed by atoms with E-state index in [1.807, 2.05) is 0 Å². The molecule has 2 rings (SSSR count). The van der Waals surface area contributed by atoms with Crippen LogP contribution in [0.4, 0.5) is 4.39 Å². The van der Waals surface area contributed by atoms with Gasteiger partial charge in [0.05, 0.1) is 7.11 Å². The van der Waals surface area contributed by atoms with Crippen LogP contribution < -0.4 is 15.5 Å². The van der Waals surface area contributed by atoms with Gasteiger partial charge in [-0.3, -0.25) is 20.9 Å². The first-order valence-electron chi connectivity index (χ1n) is 8.30. The van der Waals surface area contributed by atoms with Gasteiger partial charge in [0.25, 0.3) is 5.91 Å². The Balaban J connectivity index is 2.08. The molecule has 0 saturated heterocycles. The van der Waals surface area contributed by atoms with Crippen LogP contribution in [0.25, 0.3) is 0 Å². The highest BCUT2D eigenvalue weighted by molar-refractivity contribution is 5.95. The summed E-state index contributed by atoms with van der Waals surface area (Å²) in [4.78, 5) is 12.5. The molecule has 0 saturated carbocycles. The summed E-state index contributed by atoms with van der Waals surface area (Å²) in [5.74, 6) is -0.816. The first-order valence-corrected chi connectivity index (χ1v) is 8.30. The van der Waals surface area contributed by atoms with Crippen molar-refractivity contribution < 1.29 is 23.9 Å². The van der Waals surface area contributed by atoms with Crippen LogP contribution in [0, 0.1) is 11.2 Å². The topological polar surface area (TPSA) is 104 Å². The number of methoxy groups -OCH3 is 1. The summed E-state index contributed by atoms with van der Waals surface area (Å²) in [6.45, 7) is 2.18. The molecule has 0 aliphatic heterocycles. The van der Waals surface area contributed by atoms with Crippen LogP contribution >= 0.6 is 0 Å². The smallest absolute Gasteiger partial charge is 0.254 e. The Morgan fingerprint density at radius 3 is 2.52 bits per heavy atom. The quantitative estimate of drug-likeness (QED) is 0.322. The second-order valence-electron chi connectivity index (χ2n) is 5.62. The molecule has 0 unspecified atom stereocenters. The molecule has 2 aromatic carbocycles. The number of rotatable bonds is 8. The summed E-state index contributed by atoms with van der Waals surface area (Å²) in [6, 6.07) is 10.9. The van der Waals surface area contributed by atoms with Crippen molar-refractivity contribution in [3.05, 3.63) is 65.0 Å². The third kappa shape index (κ3) is 5.25. The van der Waals surface area contributed by atoms with Crippen LogP contribution in [0.3, 0.4) is 0 Å². The van der Waals surface area contributed by atoms with Crippen LogP contribution in [-0.2, 0) is 16.1 Å². The van der Waals surface area contributed by atoms with Crippen LogP contribution in [0.1, 0.15) is 29.7 Å². The fourth-order valence-corrected chi connectivity index (χ4v) is 2.46. The van der Waals surface area contributed by atoms with Crippen molar-refractivity contribution >= 4 is 11.7 Å². The van der Waals surface area contributed by atoms with Crippen molar-refractivity contribution in [2.75, 3.05) is 13.7 Å². The first-order chi connectivity index (χ1) is 13.0. The Bertz CT molecular complexity index is 796. The molecule has 1 amide bonds. The van der Waals surface area contributed by atoms with Crippen molar-refractivity contribution in [2.24, 2.45) is 0 Å². The third-order valence-electron chi connectivity index (χ3n) is 3.88. The zero-order valence-corrected chi connectivity index (χ0v) is 15.1. The molecule has 2 aromatic rings. The van der Waals surface area contributed by atoms with Gasteiger partial charge in [0.1, 0.15) is 17.4 Å². The molecular weight excluding hydrogens is 353 g/mol. The molecule has 7 nitrogen and oxygen atoms in total. The summed E-state index contributed by atoms with van der Waals surface area (Å²) in [5.41, 5.74) is 3.18. The molecule has 0 spiro atoms. The van der Waals surface area contributed by atoms with Crippen molar-refractivity contribution in [3.63, 3.8) is 0 Å². The lowest BCUT2D eigenvalue weighted by atomic mass is 10.1. The molecule has 4 N–H and O–H groups in total. The maximum Gasteiger partial charge on any atom is 0.254 e. The number of benzene rings is 2. The SMILES string of the molecule is CCO[C@H](C(=O)NCc1ccc(C(=N)NO)cc1)c1ccc(OC)cc1F. The molecule has 27 heavy (non-hydrogen) atoms. The van der Waals surface area contributed by atoms with Crippen molar-refractivity contribution in [3.8, 4) is 5.75 Å². The van der Waals surface area contributed by atoms with Crippen LogP contribution in [0.5, 0.6) is 5.75 Å². The molecule has 0 aliphatic carbocycles. The van der Waals surface area contributed by atoms with Gasteiger partial charge in [0.2, 0.25) is 0 Å². The Morgan fingerprint density at radius 2 is 1.96 bits per heavy atom. The number of hydroxylamine groups is 1. The molecule has 0 heterocycles. The number of halogens is 1. The lowest BCUT2D eigenvalue weighted by Crippen LogP contribution is -2.31. The average molecular weight is 375 g/mol. The highest BCUT2D eigenvalue weighted by Gasteiger charge is 2.24. The minimum Gasteiger partial charge on any atom is -0.497 e. The molecule has 0 aliphatic rings. The number of hydrogen-bond donors (Lipinski definition) is 4. The minimum atomic E-state index is -1.08. The van der Waals surface area contributed by atoms with Crippen molar-refractivity contribution in [1.82, 2.24) is 10.8 Å². The van der Waals surface area contributed by atoms with Crippen LogP contribution in [-0.4, -0.2) is 30.7 Å². The average Bonchev–Trinajstić information content (AvgIpc) is 2.70. The lowest BCUT2D eigenvalue weighted by Gasteiger charge is -2.18. The van der Waals surface area contributed by atoms with E-state index >= 15 is 0 Å². The third-order valence-corrected chi connectivity index (χ3v) is 3.88. The van der Waals surface area contributed by atoms with E-state index in [9.17, 15) is 9.18 Å². The van der Waals surface area contributed by atoms with Gasteiger partial charge in [0, 0.05) is 30.3 Å². The fraction of sp³-hybridized carbons (Fsp3) is 0.263. The second kappa shape index (κ2) is 9.65. The van der Waals surface area contributed by atoms with E-state index in [0.717, 1.165) is 5.56 Å². The van der Waals surface area contributed by atoms with E-state index < -0.39 is 17.8 Å². The Hall–Kier alpha value is -2.97.